The second-order valence-corrected chi connectivity index (χ2v) is 10.8. The van der Waals surface area contributed by atoms with Crippen LogP contribution in [0.2, 0.25) is 0 Å². The molecular weight excluding hydrogens is 513 g/mol. The van der Waals surface area contributed by atoms with Crippen LogP contribution >= 0.6 is 0 Å². The third-order valence-electron chi connectivity index (χ3n) is 8.19. The molecule has 7 heteroatoms. The summed E-state index contributed by atoms with van der Waals surface area (Å²) in [5, 5.41) is 11.8. The van der Waals surface area contributed by atoms with Crippen molar-refractivity contribution in [3.05, 3.63) is 90.2 Å². The smallest absolute Gasteiger partial charge is 0.227 e. The average molecular weight is 544 g/mol. The molecule has 1 aliphatic rings. The number of para-hydroxylation sites is 1. The molecule has 0 aliphatic heterocycles. The fraction of sp³-hybridized carbons (Fsp3) is 0.206. The van der Waals surface area contributed by atoms with Crippen LogP contribution in [-0.4, -0.2) is 26.1 Å². The summed E-state index contributed by atoms with van der Waals surface area (Å²) < 4.78 is 14.6. The number of aromatic amines is 2. The van der Waals surface area contributed by atoms with Crippen molar-refractivity contribution in [2.45, 2.75) is 39.0 Å². The van der Waals surface area contributed by atoms with Gasteiger partial charge in [0, 0.05) is 28.1 Å². The molecule has 0 radical (unpaired) electrons. The number of anilines is 1. The minimum atomic E-state index is -0.285. The largest absolute Gasteiger partial charge is 0.337 e. The number of carbonyl (C=O) groups excluding carboxylic acids is 1. The van der Waals surface area contributed by atoms with Gasteiger partial charge in [0.1, 0.15) is 11.5 Å². The van der Waals surface area contributed by atoms with E-state index in [9.17, 15) is 9.18 Å². The van der Waals surface area contributed by atoms with Crippen LogP contribution in [0.15, 0.2) is 78.9 Å². The maximum Gasteiger partial charge on any atom is 0.227 e. The molecule has 2 aromatic heterocycles. The Morgan fingerprint density at radius 2 is 1.76 bits per heavy atom. The summed E-state index contributed by atoms with van der Waals surface area (Å²) in [5.41, 5.74) is 8.38. The van der Waals surface area contributed by atoms with E-state index in [1.54, 1.807) is 12.1 Å². The number of amides is 1. The molecule has 0 bridgehead atoms. The van der Waals surface area contributed by atoms with Gasteiger partial charge in [-0.2, -0.15) is 5.10 Å². The summed E-state index contributed by atoms with van der Waals surface area (Å²) in [6.07, 6.45) is 5.05. The molecule has 0 saturated heterocycles. The number of fused-ring (bicyclic) bond motifs is 2. The summed E-state index contributed by atoms with van der Waals surface area (Å²) in [5.74, 6) is 0.553. The number of H-pyrrole nitrogens is 2. The van der Waals surface area contributed by atoms with Gasteiger partial charge in [-0.15, -0.1) is 0 Å². The van der Waals surface area contributed by atoms with E-state index in [4.69, 9.17) is 4.98 Å². The van der Waals surface area contributed by atoms with Crippen molar-refractivity contribution in [2.75, 3.05) is 5.32 Å². The Balaban J connectivity index is 1.28. The Morgan fingerprint density at radius 1 is 0.927 bits per heavy atom. The first-order chi connectivity index (χ1) is 20.1. The van der Waals surface area contributed by atoms with Gasteiger partial charge in [-0.1, -0.05) is 62.2 Å². The molecule has 1 fully saturated rings. The van der Waals surface area contributed by atoms with E-state index in [0.29, 0.717) is 22.6 Å². The zero-order chi connectivity index (χ0) is 27.9. The second kappa shape index (κ2) is 10.3. The van der Waals surface area contributed by atoms with Gasteiger partial charge < -0.3 is 10.3 Å². The number of benzene rings is 4. The number of hydrogen-bond donors (Lipinski definition) is 3. The first kappa shape index (κ1) is 25.2. The standard InChI is InChI=1S/C34H30FN5O/c1-2-20-16-23(18-24(17-20)36-34(41)21-8-3-4-9-21)22-14-15-29-27(19-22)32(40-39-29)33-37-30-13-7-11-26(31(30)38-33)25-10-5-6-12-28(25)35/h5-7,10-19,21H,2-4,8-9H2,1H3,(H,36,41)(H,37,38)(H,39,40). The van der Waals surface area contributed by atoms with Crippen LogP contribution in [0.3, 0.4) is 0 Å². The molecule has 41 heavy (non-hydrogen) atoms. The van der Waals surface area contributed by atoms with Crippen LogP contribution in [0.1, 0.15) is 38.2 Å². The number of halogens is 1. The number of rotatable bonds is 6. The van der Waals surface area contributed by atoms with Crippen molar-refractivity contribution in [1.29, 1.82) is 0 Å². The van der Waals surface area contributed by atoms with Crippen molar-refractivity contribution < 1.29 is 9.18 Å². The number of carbonyl (C=O) groups is 1. The maximum absolute atomic E-state index is 14.6. The molecule has 4 aromatic carbocycles. The van der Waals surface area contributed by atoms with E-state index in [1.807, 2.05) is 30.3 Å². The van der Waals surface area contributed by atoms with Crippen molar-refractivity contribution >= 4 is 33.5 Å². The SMILES string of the molecule is CCc1cc(NC(=O)C2CCCC2)cc(-c2ccc3[nH]nc(-c4nc5c(-c6ccccc6F)cccc5[nH]4)c3c2)c1. The van der Waals surface area contributed by atoms with Gasteiger partial charge in [0.15, 0.2) is 5.82 Å². The van der Waals surface area contributed by atoms with Gasteiger partial charge >= 0.3 is 0 Å². The maximum atomic E-state index is 14.6. The van der Waals surface area contributed by atoms with Crippen LogP contribution < -0.4 is 5.32 Å². The Labute approximate surface area is 237 Å². The normalized spacial score (nSPS) is 13.8. The highest BCUT2D eigenvalue weighted by molar-refractivity contribution is 5.99. The summed E-state index contributed by atoms with van der Waals surface area (Å²) >= 11 is 0. The van der Waals surface area contributed by atoms with Crippen molar-refractivity contribution in [3.63, 3.8) is 0 Å². The molecule has 6 aromatic rings. The van der Waals surface area contributed by atoms with Gasteiger partial charge in [0.05, 0.1) is 16.6 Å². The highest BCUT2D eigenvalue weighted by Gasteiger charge is 2.23. The minimum absolute atomic E-state index is 0.108. The van der Waals surface area contributed by atoms with Crippen molar-refractivity contribution in [1.82, 2.24) is 20.2 Å². The van der Waals surface area contributed by atoms with Gasteiger partial charge in [-0.25, -0.2) is 9.37 Å². The van der Waals surface area contributed by atoms with E-state index >= 15 is 0 Å². The molecule has 0 atom stereocenters. The van der Waals surface area contributed by atoms with Gasteiger partial charge in [-0.05, 0) is 72.4 Å². The van der Waals surface area contributed by atoms with Crippen LogP contribution in [0.4, 0.5) is 10.1 Å². The third-order valence-corrected chi connectivity index (χ3v) is 8.19. The van der Waals surface area contributed by atoms with Gasteiger partial charge in [0.2, 0.25) is 5.91 Å². The van der Waals surface area contributed by atoms with E-state index in [-0.39, 0.29) is 17.6 Å². The third kappa shape index (κ3) is 4.67. The summed E-state index contributed by atoms with van der Waals surface area (Å²) in [6.45, 7) is 2.12. The predicted molar refractivity (Wildman–Crippen MR) is 162 cm³/mol. The first-order valence-corrected chi connectivity index (χ1v) is 14.2. The highest BCUT2D eigenvalue weighted by atomic mass is 19.1. The van der Waals surface area contributed by atoms with Crippen LogP contribution in [0.25, 0.3) is 55.7 Å². The zero-order valence-corrected chi connectivity index (χ0v) is 22.8. The number of nitrogens with zero attached hydrogens (tertiary/aromatic N) is 2. The van der Waals surface area contributed by atoms with Crippen LogP contribution in [0, 0.1) is 11.7 Å². The average Bonchev–Trinajstić information content (AvgIpc) is 3.76. The Bertz CT molecular complexity index is 1910. The van der Waals surface area contributed by atoms with Crippen LogP contribution in [0.5, 0.6) is 0 Å². The molecule has 0 spiro atoms. The number of aryl methyl sites for hydroxylation is 1. The summed E-state index contributed by atoms with van der Waals surface area (Å²) in [6, 6.07) is 24.9. The minimum Gasteiger partial charge on any atom is -0.337 e. The van der Waals surface area contributed by atoms with E-state index in [1.165, 1.54) is 6.07 Å². The quantitative estimate of drug-likeness (QED) is 0.198. The molecule has 204 valence electrons. The number of aromatic nitrogens is 4. The zero-order valence-electron chi connectivity index (χ0n) is 22.8. The lowest BCUT2D eigenvalue weighted by molar-refractivity contribution is -0.119. The molecule has 6 nitrogen and oxygen atoms in total. The Hall–Kier alpha value is -4.78. The number of hydrogen-bond acceptors (Lipinski definition) is 3. The molecule has 2 heterocycles. The lowest BCUT2D eigenvalue weighted by atomic mass is 9.99. The van der Waals surface area contributed by atoms with Crippen molar-refractivity contribution in [3.8, 4) is 33.8 Å². The van der Waals surface area contributed by atoms with E-state index in [0.717, 1.165) is 76.5 Å². The fourth-order valence-electron chi connectivity index (χ4n) is 5.98. The lowest BCUT2D eigenvalue weighted by Crippen LogP contribution is -2.20. The Kier molecular flexibility index (Phi) is 6.34. The topological polar surface area (TPSA) is 86.5 Å². The monoisotopic (exact) mass is 543 g/mol. The fourth-order valence-corrected chi connectivity index (χ4v) is 5.98. The van der Waals surface area contributed by atoms with E-state index < -0.39 is 0 Å². The molecular formula is C34H30FN5O. The molecule has 3 N–H and O–H groups in total. The van der Waals surface area contributed by atoms with E-state index in [2.05, 4.69) is 57.8 Å². The lowest BCUT2D eigenvalue weighted by Gasteiger charge is -2.13. The number of imidazole rings is 1. The second-order valence-electron chi connectivity index (χ2n) is 10.8. The molecule has 1 amide bonds. The van der Waals surface area contributed by atoms with Crippen molar-refractivity contribution in [2.24, 2.45) is 5.92 Å². The van der Waals surface area contributed by atoms with Crippen LogP contribution in [-0.2, 0) is 11.2 Å². The summed E-state index contributed by atoms with van der Waals surface area (Å²) in [4.78, 5) is 21.1. The van der Waals surface area contributed by atoms with Gasteiger partial charge in [0.25, 0.3) is 0 Å². The number of nitrogens with one attached hydrogen (secondary N) is 3. The molecule has 0 unspecified atom stereocenters. The molecule has 7 rings (SSSR count). The predicted octanol–water partition coefficient (Wildman–Crippen LogP) is 8.27. The first-order valence-electron chi connectivity index (χ1n) is 14.2. The Morgan fingerprint density at radius 3 is 2.59 bits per heavy atom. The summed E-state index contributed by atoms with van der Waals surface area (Å²) in [7, 11) is 0. The molecule has 1 aliphatic carbocycles. The van der Waals surface area contributed by atoms with Gasteiger partial charge in [-0.3, -0.25) is 9.89 Å². The molecule has 1 saturated carbocycles. The highest BCUT2D eigenvalue weighted by Crippen LogP contribution is 2.35.